The van der Waals surface area contributed by atoms with Crippen LogP contribution in [-0.4, -0.2) is 29.9 Å². The summed E-state index contributed by atoms with van der Waals surface area (Å²) in [5, 5.41) is 0.939. The Morgan fingerprint density at radius 3 is 2.73 bits per heavy atom. The van der Waals surface area contributed by atoms with Crippen LogP contribution in [0.15, 0.2) is 23.3 Å². The number of halogens is 1. The quantitative estimate of drug-likeness (QED) is 0.863. The molecule has 22 heavy (non-hydrogen) atoms. The van der Waals surface area contributed by atoms with Crippen LogP contribution in [0.25, 0.3) is 0 Å². The van der Waals surface area contributed by atoms with Crippen molar-refractivity contribution in [2.24, 2.45) is 17.1 Å². The monoisotopic (exact) mass is 322 g/mol. The average Bonchev–Trinajstić information content (AvgIpc) is 2.55. The number of allylic oxidation sites excluding steroid dienone is 4. The highest BCUT2D eigenvalue weighted by molar-refractivity contribution is 6.29. The van der Waals surface area contributed by atoms with Gasteiger partial charge in [-0.3, -0.25) is 4.79 Å². The molecule has 1 unspecified atom stereocenters. The lowest BCUT2D eigenvalue weighted by Crippen LogP contribution is -2.49. The molecule has 0 aromatic heterocycles. The fourth-order valence-corrected chi connectivity index (χ4v) is 4.73. The number of carbonyl (C=O) groups excluding carboxylic acids is 1. The SMILES string of the molecule is NC[C@]1(C2C=CC=C(Cl)C2)CC[C@H](N2CCCCC2=O)CC1. The van der Waals surface area contributed by atoms with E-state index >= 15 is 0 Å². The second-order valence-corrected chi connectivity index (χ2v) is 7.64. The van der Waals surface area contributed by atoms with Crippen LogP contribution in [0.4, 0.5) is 0 Å². The van der Waals surface area contributed by atoms with Crippen LogP contribution >= 0.6 is 11.6 Å². The number of carbonyl (C=O) groups is 1. The van der Waals surface area contributed by atoms with Crippen LogP contribution in [0.3, 0.4) is 0 Å². The van der Waals surface area contributed by atoms with E-state index < -0.39 is 0 Å². The van der Waals surface area contributed by atoms with Gasteiger partial charge in [-0.05, 0) is 68.9 Å². The molecule has 122 valence electrons. The fourth-order valence-electron chi connectivity index (χ4n) is 4.49. The highest BCUT2D eigenvalue weighted by Crippen LogP contribution is 2.47. The molecule has 0 spiro atoms. The summed E-state index contributed by atoms with van der Waals surface area (Å²) in [4.78, 5) is 14.3. The molecule has 1 atom stereocenters. The number of nitrogens with zero attached hydrogens (tertiary/aromatic N) is 1. The summed E-state index contributed by atoms with van der Waals surface area (Å²) in [5.41, 5.74) is 6.36. The summed E-state index contributed by atoms with van der Waals surface area (Å²) in [7, 11) is 0. The minimum atomic E-state index is 0.167. The highest BCUT2D eigenvalue weighted by atomic mass is 35.5. The van der Waals surface area contributed by atoms with Gasteiger partial charge in [-0.1, -0.05) is 23.8 Å². The Kier molecular flexibility index (Phi) is 4.94. The molecule has 1 saturated heterocycles. The van der Waals surface area contributed by atoms with Gasteiger partial charge < -0.3 is 10.6 Å². The Balaban J connectivity index is 1.65. The molecule has 2 fully saturated rings. The number of amides is 1. The van der Waals surface area contributed by atoms with E-state index in [1.54, 1.807) is 0 Å². The van der Waals surface area contributed by atoms with Crippen LogP contribution in [0, 0.1) is 11.3 Å². The molecule has 3 nitrogen and oxygen atoms in total. The second kappa shape index (κ2) is 6.76. The summed E-state index contributed by atoms with van der Waals surface area (Å²) in [5.74, 6) is 0.813. The maximum Gasteiger partial charge on any atom is 0.222 e. The van der Waals surface area contributed by atoms with Gasteiger partial charge in [0.2, 0.25) is 5.91 Å². The van der Waals surface area contributed by atoms with E-state index in [1.807, 2.05) is 6.08 Å². The molecule has 0 aromatic carbocycles. The molecular formula is C18H27ClN2O. The van der Waals surface area contributed by atoms with Crippen molar-refractivity contribution >= 4 is 17.5 Å². The second-order valence-electron chi connectivity index (χ2n) is 7.15. The molecular weight excluding hydrogens is 296 g/mol. The first-order chi connectivity index (χ1) is 10.6. The van der Waals surface area contributed by atoms with Crippen molar-refractivity contribution in [3.63, 3.8) is 0 Å². The summed E-state index contributed by atoms with van der Waals surface area (Å²) in [6.07, 6.45) is 14.6. The Morgan fingerprint density at radius 1 is 1.32 bits per heavy atom. The van der Waals surface area contributed by atoms with E-state index in [4.69, 9.17) is 17.3 Å². The number of hydrogen-bond donors (Lipinski definition) is 1. The van der Waals surface area contributed by atoms with Crippen LogP contribution < -0.4 is 5.73 Å². The minimum Gasteiger partial charge on any atom is -0.340 e. The van der Waals surface area contributed by atoms with E-state index in [0.29, 0.717) is 24.4 Å². The number of rotatable bonds is 3. The molecule has 2 aliphatic carbocycles. The molecule has 0 radical (unpaired) electrons. The third-order valence-corrected chi connectivity index (χ3v) is 6.26. The molecule has 0 aromatic rings. The van der Waals surface area contributed by atoms with Gasteiger partial charge in [0.05, 0.1) is 0 Å². The first kappa shape index (κ1) is 16.1. The smallest absolute Gasteiger partial charge is 0.222 e. The lowest BCUT2D eigenvalue weighted by Gasteiger charge is -2.47. The molecule has 1 heterocycles. The third kappa shape index (κ3) is 3.11. The van der Waals surface area contributed by atoms with Crippen molar-refractivity contribution in [3.05, 3.63) is 23.3 Å². The molecule has 4 heteroatoms. The van der Waals surface area contributed by atoms with Crippen molar-refractivity contribution in [2.75, 3.05) is 13.1 Å². The van der Waals surface area contributed by atoms with E-state index in [1.165, 1.54) is 0 Å². The van der Waals surface area contributed by atoms with E-state index in [9.17, 15) is 4.79 Å². The largest absolute Gasteiger partial charge is 0.340 e. The molecule has 2 N–H and O–H groups in total. The fraction of sp³-hybridized carbons (Fsp3) is 0.722. The van der Waals surface area contributed by atoms with Crippen molar-refractivity contribution in [1.29, 1.82) is 0 Å². The Labute approximate surface area is 138 Å². The number of likely N-dealkylation sites (tertiary alicyclic amines) is 1. The van der Waals surface area contributed by atoms with E-state index in [0.717, 1.165) is 62.9 Å². The molecule has 3 rings (SSSR count). The van der Waals surface area contributed by atoms with Gasteiger partial charge in [0, 0.05) is 24.0 Å². The van der Waals surface area contributed by atoms with Gasteiger partial charge in [-0.2, -0.15) is 0 Å². The van der Waals surface area contributed by atoms with Gasteiger partial charge in [0.15, 0.2) is 0 Å². The van der Waals surface area contributed by atoms with Crippen molar-refractivity contribution < 1.29 is 4.79 Å². The van der Waals surface area contributed by atoms with Crippen LogP contribution in [0.2, 0.25) is 0 Å². The van der Waals surface area contributed by atoms with Crippen LogP contribution in [0.1, 0.15) is 51.4 Å². The van der Waals surface area contributed by atoms with E-state index in [-0.39, 0.29) is 5.41 Å². The van der Waals surface area contributed by atoms with Gasteiger partial charge in [-0.15, -0.1) is 0 Å². The summed E-state index contributed by atoms with van der Waals surface area (Å²) in [6.45, 7) is 1.67. The maximum absolute atomic E-state index is 12.1. The van der Waals surface area contributed by atoms with Gasteiger partial charge in [-0.25, -0.2) is 0 Å². The molecule has 1 amide bonds. The molecule has 1 saturated carbocycles. The standard InChI is InChI=1S/C18H27ClN2O/c19-15-5-3-4-14(12-15)18(13-20)9-7-16(8-10-18)21-11-2-1-6-17(21)22/h3-5,14,16H,1-2,6-13,20H2/t14?,16-,18-. The Morgan fingerprint density at radius 2 is 2.09 bits per heavy atom. The first-order valence-electron chi connectivity index (χ1n) is 8.67. The summed E-state index contributed by atoms with van der Waals surface area (Å²) in [6, 6.07) is 0.436. The predicted molar refractivity (Wildman–Crippen MR) is 90.5 cm³/mol. The average molecular weight is 323 g/mol. The lowest BCUT2D eigenvalue weighted by atomic mass is 9.63. The first-order valence-corrected chi connectivity index (χ1v) is 9.05. The highest BCUT2D eigenvalue weighted by Gasteiger charge is 2.42. The van der Waals surface area contributed by atoms with Gasteiger partial charge in [0.25, 0.3) is 0 Å². The Hall–Kier alpha value is -0.800. The molecule has 1 aliphatic heterocycles. The van der Waals surface area contributed by atoms with Crippen LogP contribution in [0.5, 0.6) is 0 Å². The minimum absolute atomic E-state index is 0.167. The zero-order valence-corrected chi connectivity index (χ0v) is 14.0. The molecule has 0 bridgehead atoms. The number of nitrogens with two attached hydrogens (primary N) is 1. The van der Waals surface area contributed by atoms with Crippen molar-refractivity contribution in [1.82, 2.24) is 4.90 Å². The Bertz CT molecular complexity index is 477. The molecule has 3 aliphatic rings. The summed E-state index contributed by atoms with van der Waals surface area (Å²) < 4.78 is 0. The van der Waals surface area contributed by atoms with Crippen LogP contribution in [-0.2, 0) is 4.79 Å². The van der Waals surface area contributed by atoms with E-state index in [2.05, 4.69) is 17.1 Å². The van der Waals surface area contributed by atoms with Crippen molar-refractivity contribution in [2.45, 2.75) is 57.4 Å². The maximum atomic E-state index is 12.1. The zero-order valence-electron chi connectivity index (χ0n) is 13.3. The van der Waals surface area contributed by atoms with Crippen molar-refractivity contribution in [3.8, 4) is 0 Å². The normalized spacial score (nSPS) is 36.4. The number of hydrogen-bond acceptors (Lipinski definition) is 2. The topological polar surface area (TPSA) is 46.3 Å². The third-order valence-electron chi connectivity index (χ3n) is 5.98. The number of piperidine rings is 1. The summed E-state index contributed by atoms with van der Waals surface area (Å²) >= 11 is 6.24. The van der Waals surface area contributed by atoms with Gasteiger partial charge >= 0.3 is 0 Å². The predicted octanol–water partition coefficient (Wildman–Crippen LogP) is 3.59. The van der Waals surface area contributed by atoms with Gasteiger partial charge in [0.1, 0.15) is 0 Å². The zero-order chi connectivity index (χ0) is 15.6. The lowest BCUT2D eigenvalue weighted by molar-refractivity contribution is -0.137.